The fraction of sp³-hybridized carbons (Fsp3) is 0.316. The van der Waals surface area contributed by atoms with Gasteiger partial charge in [0.25, 0.3) is 0 Å². The number of urea groups is 1. The highest BCUT2D eigenvalue weighted by atomic mass is 16.5. The number of carbonyl (C=O) groups is 2. The van der Waals surface area contributed by atoms with Crippen LogP contribution in [0.15, 0.2) is 42.6 Å². The summed E-state index contributed by atoms with van der Waals surface area (Å²) < 4.78 is 5.36. The fourth-order valence-electron chi connectivity index (χ4n) is 2.86. The molecule has 0 atom stereocenters. The molecule has 0 unspecified atom stereocenters. The zero-order chi connectivity index (χ0) is 19.1. The first-order chi connectivity index (χ1) is 13.1. The number of amides is 2. The lowest BCUT2D eigenvalue weighted by Gasteiger charge is -2.29. The van der Waals surface area contributed by atoms with E-state index in [9.17, 15) is 9.59 Å². The van der Waals surface area contributed by atoms with Crippen molar-refractivity contribution in [2.45, 2.75) is 12.8 Å². The Morgan fingerprint density at radius 1 is 1.15 bits per heavy atom. The van der Waals surface area contributed by atoms with Crippen LogP contribution in [0.3, 0.4) is 0 Å². The third-order valence-corrected chi connectivity index (χ3v) is 4.16. The summed E-state index contributed by atoms with van der Waals surface area (Å²) in [5, 5.41) is 14.4. The Morgan fingerprint density at radius 2 is 1.96 bits per heavy atom. The fourth-order valence-corrected chi connectivity index (χ4v) is 2.86. The number of carboxylic acids is 1. The van der Waals surface area contributed by atoms with E-state index in [1.54, 1.807) is 36.5 Å². The van der Waals surface area contributed by atoms with Crippen LogP contribution in [0.5, 0.6) is 0 Å². The van der Waals surface area contributed by atoms with E-state index in [1.807, 2.05) is 6.07 Å². The normalized spacial score (nSPS) is 13.9. The maximum Gasteiger partial charge on any atom is 0.323 e. The number of carbonyl (C=O) groups excluding carboxylic acids is 1. The molecule has 2 heterocycles. The molecule has 142 valence electrons. The molecule has 2 aromatic rings. The second-order valence-corrected chi connectivity index (χ2v) is 6.15. The number of morpholine rings is 1. The van der Waals surface area contributed by atoms with Gasteiger partial charge in [-0.2, -0.15) is 0 Å². The number of aromatic nitrogens is 1. The lowest BCUT2D eigenvalue weighted by atomic mass is 10.1. The predicted octanol–water partition coefficient (Wildman–Crippen LogP) is 2.58. The maximum atomic E-state index is 12.4. The Bertz CT molecular complexity index is 806. The molecular weight excluding hydrogens is 348 g/mol. The number of rotatable bonds is 6. The number of carboxylic acid groups (broad SMARTS) is 1. The van der Waals surface area contributed by atoms with Crippen LogP contribution in [0.4, 0.5) is 22.0 Å². The van der Waals surface area contributed by atoms with Crippen LogP contribution < -0.4 is 15.5 Å². The quantitative estimate of drug-likeness (QED) is 0.722. The average Bonchev–Trinajstić information content (AvgIpc) is 2.68. The summed E-state index contributed by atoms with van der Waals surface area (Å²) in [7, 11) is 0. The van der Waals surface area contributed by atoms with Crippen LogP contribution in [0.25, 0.3) is 0 Å². The number of ether oxygens (including phenoxy) is 1. The molecule has 2 amide bonds. The van der Waals surface area contributed by atoms with Crippen molar-refractivity contribution in [2.75, 3.05) is 41.8 Å². The van der Waals surface area contributed by atoms with Gasteiger partial charge < -0.3 is 25.4 Å². The van der Waals surface area contributed by atoms with Gasteiger partial charge in [-0.05, 0) is 36.2 Å². The van der Waals surface area contributed by atoms with Crippen LogP contribution in [-0.2, 0) is 16.0 Å². The average molecular weight is 370 g/mol. The molecule has 1 aromatic carbocycles. The second kappa shape index (κ2) is 9.00. The van der Waals surface area contributed by atoms with E-state index < -0.39 is 5.97 Å². The highest BCUT2D eigenvalue weighted by Crippen LogP contribution is 2.24. The highest BCUT2D eigenvalue weighted by molar-refractivity contribution is 6.01. The topological polar surface area (TPSA) is 104 Å². The van der Waals surface area contributed by atoms with Crippen molar-refractivity contribution in [2.24, 2.45) is 0 Å². The third kappa shape index (κ3) is 5.42. The summed E-state index contributed by atoms with van der Waals surface area (Å²) in [5.74, 6) is -0.135. The van der Waals surface area contributed by atoms with E-state index in [4.69, 9.17) is 9.84 Å². The van der Waals surface area contributed by atoms with E-state index in [1.165, 1.54) is 0 Å². The number of nitrogens with one attached hydrogen (secondary N) is 2. The summed E-state index contributed by atoms with van der Waals surface area (Å²) >= 11 is 0. The first-order valence-corrected chi connectivity index (χ1v) is 8.78. The lowest BCUT2D eigenvalue weighted by molar-refractivity contribution is -0.136. The Labute approximate surface area is 157 Å². The molecule has 0 saturated carbocycles. The second-order valence-electron chi connectivity index (χ2n) is 6.15. The Hall–Kier alpha value is -3.13. The van der Waals surface area contributed by atoms with Crippen LogP contribution in [0.2, 0.25) is 0 Å². The SMILES string of the molecule is O=C(O)CCc1cccc(NC(=O)Nc2cccnc2N2CCOCC2)c1. The smallest absolute Gasteiger partial charge is 0.323 e. The van der Waals surface area contributed by atoms with Crippen LogP contribution in [0.1, 0.15) is 12.0 Å². The summed E-state index contributed by atoms with van der Waals surface area (Å²) in [6.45, 7) is 2.70. The molecule has 3 N–H and O–H groups in total. The van der Waals surface area contributed by atoms with E-state index in [2.05, 4.69) is 20.5 Å². The minimum absolute atomic E-state index is 0.0498. The van der Waals surface area contributed by atoms with Gasteiger partial charge in [0, 0.05) is 31.4 Å². The number of aliphatic carboxylic acids is 1. The van der Waals surface area contributed by atoms with E-state index >= 15 is 0 Å². The van der Waals surface area contributed by atoms with E-state index in [-0.39, 0.29) is 12.5 Å². The molecule has 1 aliphatic heterocycles. The molecule has 0 bridgehead atoms. The van der Waals surface area contributed by atoms with Gasteiger partial charge in [0.15, 0.2) is 5.82 Å². The predicted molar refractivity (Wildman–Crippen MR) is 102 cm³/mol. The number of benzene rings is 1. The first kappa shape index (κ1) is 18.7. The lowest BCUT2D eigenvalue weighted by Crippen LogP contribution is -2.37. The van der Waals surface area contributed by atoms with Gasteiger partial charge in [-0.3, -0.25) is 4.79 Å². The number of anilines is 3. The van der Waals surface area contributed by atoms with Gasteiger partial charge in [-0.1, -0.05) is 12.1 Å². The zero-order valence-corrected chi connectivity index (χ0v) is 14.9. The van der Waals surface area contributed by atoms with Crippen molar-refractivity contribution in [1.29, 1.82) is 0 Å². The van der Waals surface area contributed by atoms with Crippen LogP contribution in [-0.4, -0.2) is 48.4 Å². The molecule has 8 heteroatoms. The standard InChI is InChI=1S/C19H22N4O4/c24-17(25)7-6-14-3-1-4-15(13-14)21-19(26)22-16-5-2-8-20-18(16)23-9-11-27-12-10-23/h1-5,8,13H,6-7,9-12H2,(H,24,25)(H2,21,22,26). The molecule has 1 aromatic heterocycles. The molecule has 0 aliphatic carbocycles. The first-order valence-electron chi connectivity index (χ1n) is 8.78. The van der Waals surface area contributed by atoms with Crippen molar-refractivity contribution >= 4 is 29.2 Å². The van der Waals surface area contributed by atoms with Gasteiger partial charge in [-0.15, -0.1) is 0 Å². The number of pyridine rings is 1. The van der Waals surface area contributed by atoms with Crippen molar-refractivity contribution in [3.63, 3.8) is 0 Å². The van der Waals surface area contributed by atoms with E-state index in [0.717, 1.165) is 18.7 Å². The Balaban J connectivity index is 1.64. The Morgan fingerprint density at radius 3 is 2.74 bits per heavy atom. The molecule has 0 radical (unpaired) electrons. The maximum absolute atomic E-state index is 12.4. The van der Waals surface area contributed by atoms with Gasteiger partial charge in [0.1, 0.15) is 0 Å². The molecular formula is C19H22N4O4. The molecule has 27 heavy (non-hydrogen) atoms. The van der Waals surface area contributed by atoms with Gasteiger partial charge in [0.2, 0.25) is 0 Å². The molecule has 1 saturated heterocycles. The van der Waals surface area contributed by atoms with Crippen molar-refractivity contribution in [3.8, 4) is 0 Å². The van der Waals surface area contributed by atoms with Crippen molar-refractivity contribution < 1.29 is 19.4 Å². The number of hydrogen-bond donors (Lipinski definition) is 3. The third-order valence-electron chi connectivity index (χ3n) is 4.16. The molecule has 1 fully saturated rings. The summed E-state index contributed by atoms with van der Waals surface area (Å²) in [6, 6.07) is 10.4. The zero-order valence-electron chi connectivity index (χ0n) is 14.9. The highest BCUT2D eigenvalue weighted by Gasteiger charge is 2.17. The van der Waals surface area contributed by atoms with Gasteiger partial charge in [-0.25, -0.2) is 9.78 Å². The van der Waals surface area contributed by atoms with Crippen LogP contribution >= 0.6 is 0 Å². The summed E-state index contributed by atoms with van der Waals surface area (Å²) in [4.78, 5) is 29.6. The minimum atomic E-state index is -0.849. The van der Waals surface area contributed by atoms with Gasteiger partial charge in [0.05, 0.1) is 18.9 Å². The summed E-state index contributed by atoms with van der Waals surface area (Å²) in [6.07, 6.45) is 2.16. The molecule has 1 aliphatic rings. The van der Waals surface area contributed by atoms with Gasteiger partial charge >= 0.3 is 12.0 Å². The van der Waals surface area contributed by atoms with Crippen molar-refractivity contribution in [3.05, 3.63) is 48.2 Å². The van der Waals surface area contributed by atoms with Crippen LogP contribution in [0, 0.1) is 0 Å². The van der Waals surface area contributed by atoms with Crippen molar-refractivity contribution in [1.82, 2.24) is 4.98 Å². The Kier molecular flexibility index (Phi) is 6.22. The summed E-state index contributed by atoms with van der Waals surface area (Å²) in [5.41, 5.74) is 2.08. The largest absolute Gasteiger partial charge is 0.481 e. The number of hydrogen-bond acceptors (Lipinski definition) is 5. The number of nitrogens with zero attached hydrogens (tertiary/aromatic N) is 2. The number of aryl methyl sites for hydroxylation is 1. The molecule has 8 nitrogen and oxygen atoms in total. The molecule has 0 spiro atoms. The molecule has 3 rings (SSSR count). The monoisotopic (exact) mass is 370 g/mol. The van der Waals surface area contributed by atoms with E-state index in [0.29, 0.717) is 36.8 Å². The minimum Gasteiger partial charge on any atom is -0.481 e.